The minimum Gasteiger partial charge on any atom is -0.490 e. The number of carbonyl (C=O) groups is 2. The summed E-state index contributed by atoms with van der Waals surface area (Å²) < 4.78 is 11.2. The molecule has 27 heavy (non-hydrogen) atoms. The minimum absolute atomic E-state index is 0.279. The lowest BCUT2D eigenvalue weighted by molar-refractivity contribution is -0.139. The topological polar surface area (TPSA) is 97.2 Å². The summed E-state index contributed by atoms with van der Waals surface area (Å²) in [4.78, 5) is 22.7. The molecule has 0 aromatic heterocycles. The highest BCUT2D eigenvalue weighted by atomic mass is 79.9. The van der Waals surface area contributed by atoms with Gasteiger partial charge in [-0.1, -0.05) is 11.6 Å². The summed E-state index contributed by atoms with van der Waals surface area (Å²) in [6.45, 7) is 1.66. The predicted octanol–water partition coefficient (Wildman–Crippen LogP) is 3.73. The van der Waals surface area contributed by atoms with E-state index in [-0.39, 0.29) is 11.7 Å². The number of carboxylic acid groups (broad SMARTS) is 1. The zero-order chi connectivity index (χ0) is 19.8. The Labute approximate surface area is 169 Å². The van der Waals surface area contributed by atoms with Crippen molar-refractivity contribution < 1.29 is 24.2 Å². The van der Waals surface area contributed by atoms with Crippen LogP contribution in [-0.2, 0) is 4.79 Å². The Hall–Kier alpha value is -2.58. The molecule has 0 heterocycles. The van der Waals surface area contributed by atoms with Crippen LogP contribution in [0.1, 0.15) is 22.8 Å². The van der Waals surface area contributed by atoms with Crippen LogP contribution >= 0.6 is 27.5 Å². The maximum atomic E-state index is 12.0. The molecule has 0 aliphatic rings. The van der Waals surface area contributed by atoms with E-state index >= 15 is 0 Å². The first-order valence-corrected chi connectivity index (χ1v) is 8.97. The molecule has 142 valence electrons. The highest BCUT2D eigenvalue weighted by Crippen LogP contribution is 2.36. The molecule has 0 bridgehead atoms. The van der Waals surface area contributed by atoms with E-state index in [9.17, 15) is 9.59 Å². The molecule has 0 spiro atoms. The maximum Gasteiger partial charge on any atom is 0.341 e. The molecule has 0 aliphatic carbocycles. The number of carboxylic acids is 1. The number of nitrogens with zero attached hydrogens (tertiary/aromatic N) is 1. The van der Waals surface area contributed by atoms with E-state index in [1.165, 1.54) is 6.21 Å². The molecule has 0 radical (unpaired) electrons. The van der Waals surface area contributed by atoms with Crippen LogP contribution in [0.2, 0.25) is 5.02 Å². The molecule has 0 saturated heterocycles. The summed E-state index contributed by atoms with van der Waals surface area (Å²) in [7, 11) is 0. The lowest BCUT2D eigenvalue weighted by Gasteiger charge is -2.13. The number of hydrogen-bond donors (Lipinski definition) is 2. The Morgan fingerprint density at radius 3 is 2.59 bits per heavy atom. The van der Waals surface area contributed by atoms with Crippen LogP contribution in [0, 0.1) is 0 Å². The van der Waals surface area contributed by atoms with E-state index in [0.717, 1.165) is 0 Å². The van der Waals surface area contributed by atoms with Crippen LogP contribution in [0.15, 0.2) is 46.0 Å². The minimum atomic E-state index is -1.10. The first-order chi connectivity index (χ1) is 12.9. The SMILES string of the molecule is CCOc1cc(/C=N\NC(=O)c2ccc(Cl)cc2)cc(Br)c1OCC(=O)O. The average molecular weight is 456 g/mol. The lowest BCUT2D eigenvalue weighted by atomic mass is 10.2. The van der Waals surface area contributed by atoms with Crippen molar-refractivity contribution in [2.75, 3.05) is 13.2 Å². The first-order valence-electron chi connectivity index (χ1n) is 7.80. The maximum absolute atomic E-state index is 12.0. The second-order valence-corrected chi connectivity index (χ2v) is 6.44. The molecule has 2 N–H and O–H groups in total. The fourth-order valence-corrected chi connectivity index (χ4v) is 2.73. The van der Waals surface area contributed by atoms with Crippen LogP contribution < -0.4 is 14.9 Å². The van der Waals surface area contributed by atoms with Gasteiger partial charge in [0, 0.05) is 10.6 Å². The summed E-state index contributed by atoms with van der Waals surface area (Å²) in [5, 5.41) is 13.2. The van der Waals surface area contributed by atoms with Gasteiger partial charge in [-0.15, -0.1) is 0 Å². The van der Waals surface area contributed by atoms with Gasteiger partial charge in [-0.25, -0.2) is 10.2 Å². The van der Waals surface area contributed by atoms with Gasteiger partial charge in [-0.3, -0.25) is 4.79 Å². The number of rotatable bonds is 8. The number of carbonyl (C=O) groups excluding carboxylic acids is 1. The van der Waals surface area contributed by atoms with Crippen LogP contribution in [0.25, 0.3) is 0 Å². The molecule has 9 heteroatoms. The van der Waals surface area contributed by atoms with Crippen molar-refractivity contribution in [3.8, 4) is 11.5 Å². The third-order valence-corrected chi connectivity index (χ3v) is 4.00. The van der Waals surface area contributed by atoms with Gasteiger partial charge in [-0.2, -0.15) is 5.10 Å². The number of hydrogen-bond acceptors (Lipinski definition) is 5. The Bertz CT molecular complexity index is 856. The largest absolute Gasteiger partial charge is 0.490 e. The molecule has 0 aliphatic heterocycles. The third kappa shape index (κ3) is 6.26. The van der Waals surface area contributed by atoms with Gasteiger partial charge in [0.25, 0.3) is 5.91 Å². The summed E-state index contributed by atoms with van der Waals surface area (Å²) in [5.41, 5.74) is 3.45. The zero-order valence-electron chi connectivity index (χ0n) is 14.2. The standard InChI is InChI=1S/C18H16BrClN2O5/c1-2-26-15-8-11(7-14(19)17(15)27-10-16(23)24)9-21-22-18(25)12-3-5-13(20)6-4-12/h3-9H,2,10H2,1H3,(H,22,25)(H,23,24)/b21-9-. The van der Waals surface area contributed by atoms with Crippen molar-refractivity contribution >= 4 is 45.6 Å². The smallest absolute Gasteiger partial charge is 0.341 e. The van der Waals surface area contributed by atoms with E-state index in [1.807, 2.05) is 0 Å². The van der Waals surface area contributed by atoms with E-state index in [4.69, 9.17) is 26.2 Å². The Morgan fingerprint density at radius 2 is 1.96 bits per heavy atom. The van der Waals surface area contributed by atoms with E-state index in [1.54, 1.807) is 43.3 Å². The molecular formula is C18H16BrClN2O5. The molecule has 0 unspecified atom stereocenters. The normalized spacial score (nSPS) is 10.6. The second kappa shape index (κ2) is 9.94. The van der Waals surface area contributed by atoms with Crippen LogP contribution in [0.5, 0.6) is 11.5 Å². The summed E-state index contributed by atoms with van der Waals surface area (Å²) in [6.07, 6.45) is 1.43. The molecule has 7 nitrogen and oxygen atoms in total. The van der Waals surface area contributed by atoms with Gasteiger partial charge >= 0.3 is 5.97 Å². The van der Waals surface area contributed by atoms with Crippen molar-refractivity contribution in [1.29, 1.82) is 0 Å². The molecule has 0 atom stereocenters. The fraction of sp³-hybridized carbons (Fsp3) is 0.167. The average Bonchev–Trinajstić information content (AvgIpc) is 2.61. The van der Waals surface area contributed by atoms with Crippen LogP contribution in [0.4, 0.5) is 0 Å². The highest BCUT2D eigenvalue weighted by Gasteiger charge is 2.13. The number of aliphatic carboxylic acids is 1. The summed E-state index contributed by atoms with van der Waals surface area (Å²) in [5.74, 6) is -0.839. The van der Waals surface area contributed by atoms with Gasteiger partial charge in [0.15, 0.2) is 18.1 Å². The number of ether oxygens (including phenoxy) is 2. The monoisotopic (exact) mass is 454 g/mol. The Balaban J connectivity index is 2.12. The summed E-state index contributed by atoms with van der Waals surface area (Å²) >= 11 is 9.11. The first kappa shape index (κ1) is 20.7. The van der Waals surface area contributed by atoms with Gasteiger partial charge < -0.3 is 14.6 Å². The molecule has 1 amide bonds. The summed E-state index contributed by atoms with van der Waals surface area (Å²) in [6, 6.07) is 9.70. The number of amides is 1. The molecule has 0 fully saturated rings. The van der Waals surface area contributed by atoms with Gasteiger partial charge in [0.2, 0.25) is 0 Å². The molecule has 2 aromatic rings. The predicted molar refractivity (Wildman–Crippen MR) is 105 cm³/mol. The second-order valence-electron chi connectivity index (χ2n) is 5.15. The molecule has 2 rings (SSSR count). The van der Waals surface area contributed by atoms with Gasteiger partial charge in [0.05, 0.1) is 17.3 Å². The lowest BCUT2D eigenvalue weighted by Crippen LogP contribution is -2.17. The number of nitrogens with one attached hydrogen (secondary N) is 1. The van der Waals surface area contributed by atoms with Gasteiger partial charge in [0.1, 0.15) is 0 Å². The highest BCUT2D eigenvalue weighted by molar-refractivity contribution is 9.10. The van der Waals surface area contributed by atoms with Crippen molar-refractivity contribution in [3.63, 3.8) is 0 Å². The van der Waals surface area contributed by atoms with E-state index < -0.39 is 12.6 Å². The van der Waals surface area contributed by atoms with Crippen molar-refractivity contribution in [1.82, 2.24) is 5.43 Å². The van der Waals surface area contributed by atoms with Crippen molar-refractivity contribution in [3.05, 3.63) is 57.0 Å². The molecule has 2 aromatic carbocycles. The number of benzene rings is 2. The van der Waals surface area contributed by atoms with Crippen molar-refractivity contribution in [2.24, 2.45) is 5.10 Å². The molecular weight excluding hydrogens is 440 g/mol. The van der Waals surface area contributed by atoms with E-state index in [2.05, 4.69) is 26.5 Å². The number of hydrazone groups is 1. The van der Waals surface area contributed by atoms with Gasteiger partial charge in [-0.05, 0) is 64.8 Å². The zero-order valence-corrected chi connectivity index (χ0v) is 16.6. The Kier molecular flexibility index (Phi) is 7.63. The molecule has 0 saturated carbocycles. The van der Waals surface area contributed by atoms with Crippen LogP contribution in [0.3, 0.4) is 0 Å². The van der Waals surface area contributed by atoms with Crippen molar-refractivity contribution in [2.45, 2.75) is 6.92 Å². The number of halogens is 2. The Morgan fingerprint density at radius 1 is 1.26 bits per heavy atom. The third-order valence-electron chi connectivity index (χ3n) is 3.16. The van der Waals surface area contributed by atoms with E-state index in [0.29, 0.717) is 33.0 Å². The van der Waals surface area contributed by atoms with Crippen LogP contribution in [-0.4, -0.2) is 36.4 Å². The fourth-order valence-electron chi connectivity index (χ4n) is 2.03. The quantitative estimate of drug-likeness (QED) is 0.467.